The lowest BCUT2D eigenvalue weighted by atomic mass is 10.1. The number of hydrogen-bond donors (Lipinski definition) is 0. The van der Waals surface area contributed by atoms with Gasteiger partial charge in [0, 0.05) is 18.5 Å². The van der Waals surface area contributed by atoms with Gasteiger partial charge in [0.15, 0.2) is 0 Å². The molecule has 1 amide bonds. The number of ether oxygens (including phenoxy) is 1. The third-order valence-corrected chi connectivity index (χ3v) is 5.15. The first kappa shape index (κ1) is 16.0. The van der Waals surface area contributed by atoms with Gasteiger partial charge >= 0.3 is 0 Å². The third-order valence-electron chi connectivity index (χ3n) is 4.27. The Morgan fingerprint density at radius 2 is 1.88 bits per heavy atom. The van der Waals surface area contributed by atoms with Crippen molar-refractivity contribution in [2.75, 3.05) is 26.3 Å². The Balaban J connectivity index is 1.77. The van der Waals surface area contributed by atoms with Crippen molar-refractivity contribution in [3.8, 4) is 10.6 Å². The quantitative estimate of drug-likeness (QED) is 0.721. The summed E-state index contributed by atoms with van der Waals surface area (Å²) in [6, 6.07) is 11.3. The molecule has 0 radical (unpaired) electrons. The van der Waals surface area contributed by atoms with Crippen LogP contribution in [-0.4, -0.2) is 46.9 Å². The molecule has 0 unspecified atom stereocenters. The van der Waals surface area contributed by atoms with Crippen LogP contribution in [0.5, 0.6) is 0 Å². The minimum Gasteiger partial charge on any atom is -0.378 e. The van der Waals surface area contributed by atoms with Gasteiger partial charge in [-0.3, -0.25) is 9.59 Å². The lowest BCUT2D eigenvalue weighted by molar-refractivity contribution is -0.136. The monoisotopic (exact) mass is 355 g/mol. The molecule has 1 aromatic carbocycles. The molecule has 0 saturated carbocycles. The van der Waals surface area contributed by atoms with Gasteiger partial charge in [0.25, 0.3) is 5.56 Å². The van der Waals surface area contributed by atoms with E-state index in [1.165, 1.54) is 4.68 Å². The van der Waals surface area contributed by atoms with E-state index < -0.39 is 0 Å². The molecule has 0 aliphatic carbocycles. The molecule has 3 heterocycles. The number of amides is 1. The highest BCUT2D eigenvalue weighted by molar-refractivity contribution is 7.13. The number of hydrogen-bond acceptors (Lipinski definition) is 5. The number of nitrogens with zero attached hydrogens (tertiary/aromatic N) is 3. The van der Waals surface area contributed by atoms with Crippen molar-refractivity contribution in [2.24, 2.45) is 0 Å². The zero-order valence-electron chi connectivity index (χ0n) is 13.6. The van der Waals surface area contributed by atoms with Crippen LogP contribution in [0.4, 0.5) is 0 Å². The van der Waals surface area contributed by atoms with Crippen molar-refractivity contribution in [3.05, 3.63) is 52.1 Å². The first-order chi connectivity index (χ1) is 12.2. The third kappa shape index (κ3) is 3.08. The SMILES string of the molecule is O=C(Cn1nc(-c2cccs2)c2ccccc2c1=O)N1CCOCC1. The standard InChI is InChI=1S/C18H17N3O3S/c22-16(20-7-9-24-10-8-20)12-21-18(23)14-5-2-1-4-13(14)17(19-21)15-6-3-11-25-15/h1-6,11H,7-10,12H2. The number of thiophene rings is 1. The van der Waals surface area contributed by atoms with Gasteiger partial charge in [-0.1, -0.05) is 24.3 Å². The molecule has 0 atom stereocenters. The summed E-state index contributed by atoms with van der Waals surface area (Å²) in [5, 5.41) is 7.88. The fourth-order valence-electron chi connectivity index (χ4n) is 2.98. The molecular formula is C18H17N3O3S. The highest BCUT2D eigenvalue weighted by Crippen LogP contribution is 2.28. The van der Waals surface area contributed by atoms with Crippen LogP contribution in [0.3, 0.4) is 0 Å². The van der Waals surface area contributed by atoms with E-state index in [0.29, 0.717) is 31.7 Å². The molecule has 0 spiro atoms. The molecule has 25 heavy (non-hydrogen) atoms. The molecule has 128 valence electrons. The van der Waals surface area contributed by atoms with E-state index >= 15 is 0 Å². The maximum absolute atomic E-state index is 12.8. The number of fused-ring (bicyclic) bond motifs is 1. The van der Waals surface area contributed by atoms with Crippen LogP contribution in [-0.2, 0) is 16.1 Å². The van der Waals surface area contributed by atoms with E-state index in [1.807, 2.05) is 35.7 Å². The molecule has 1 fully saturated rings. The predicted molar refractivity (Wildman–Crippen MR) is 96.7 cm³/mol. The number of benzene rings is 1. The van der Waals surface area contributed by atoms with Gasteiger partial charge in [0.2, 0.25) is 5.91 Å². The lowest BCUT2D eigenvalue weighted by Gasteiger charge is -2.26. The molecule has 1 aliphatic heterocycles. The minimum absolute atomic E-state index is 0.0535. The van der Waals surface area contributed by atoms with Crippen molar-refractivity contribution in [3.63, 3.8) is 0 Å². The Bertz CT molecular complexity index is 959. The van der Waals surface area contributed by atoms with Crippen molar-refractivity contribution in [1.82, 2.24) is 14.7 Å². The smallest absolute Gasteiger partial charge is 0.275 e. The summed E-state index contributed by atoms with van der Waals surface area (Å²) in [6.45, 7) is 2.12. The van der Waals surface area contributed by atoms with Crippen LogP contribution in [0.2, 0.25) is 0 Å². The van der Waals surface area contributed by atoms with Crippen molar-refractivity contribution in [2.45, 2.75) is 6.54 Å². The molecule has 1 saturated heterocycles. The van der Waals surface area contributed by atoms with Crippen LogP contribution in [0, 0.1) is 0 Å². The summed E-state index contributed by atoms with van der Waals surface area (Å²) in [6.07, 6.45) is 0. The first-order valence-corrected chi connectivity index (χ1v) is 9.01. The highest BCUT2D eigenvalue weighted by atomic mass is 32.1. The Hall–Kier alpha value is -2.51. The van der Waals surface area contributed by atoms with E-state index in [1.54, 1.807) is 22.3 Å². The average molecular weight is 355 g/mol. The van der Waals surface area contributed by atoms with Gasteiger partial charge in [-0.2, -0.15) is 5.10 Å². The fraction of sp³-hybridized carbons (Fsp3) is 0.278. The van der Waals surface area contributed by atoms with Crippen LogP contribution in [0.25, 0.3) is 21.3 Å². The van der Waals surface area contributed by atoms with E-state index in [-0.39, 0.29) is 18.0 Å². The van der Waals surface area contributed by atoms with Crippen LogP contribution < -0.4 is 5.56 Å². The summed E-state index contributed by atoms with van der Waals surface area (Å²) in [4.78, 5) is 28.0. The largest absolute Gasteiger partial charge is 0.378 e. The van der Waals surface area contributed by atoms with Gasteiger partial charge in [-0.25, -0.2) is 4.68 Å². The Morgan fingerprint density at radius 3 is 2.60 bits per heavy atom. The number of carbonyl (C=O) groups is 1. The number of carbonyl (C=O) groups excluding carboxylic acids is 1. The first-order valence-electron chi connectivity index (χ1n) is 8.13. The van der Waals surface area contributed by atoms with Crippen LogP contribution >= 0.6 is 11.3 Å². The maximum atomic E-state index is 12.8. The summed E-state index contributed by atoms with van der Waals surface area (Å²) < 4.78 is 6.56. The fourth-order valence-corrected chi connectivity index (χ4v) is 3.70. The summed E-state index contributed by atoms with van der Waals surface area (Å²) >= 11 is 1.56. The van der Waals surface area contributed by atoms with Gasteiger partial charge < -0.3 is 9.64 Å². The van der Waals surface area contributed by atoms with Gasteiger partial charge in [0.05, 0.1) is 23.5 Å². The van der Waals surface area contributed by atoms with Crippen molar-refractivity contribution >= 4 is 28.0 Å². The Labute approximate surface area is 148 Å². The number of morpholine rings is 1. The predicted octanol–water partition coefficient (Wildman–Crippen LogP) is 1.98. The second kappa shape index (κ2) is 6.78. The normalized spacial score (nSPS) is 14.8. The van der Waals surface area contributed by atoms with Gasteiger partial charge in [0.1, 0.15) is 12.2 Å². The zero-order chi connectivity index (χ0) is 17.2. The second-order valence-electron chi connectivity index (χ2n) is 5.83. The molecule has 0 N–H and O–H groups in total. The average Bonchev–Trinajstić information content (AvgIpc) is 3.19. The van der Waals surface area contributed by atoms with Crippen molar-refractivity contribution < 1.29 is 9.53 Å². The summed E-state index contributed by atoms with van der Waals surface area (Å²) in [5.74, 6) is -0.106. The number of rotatable bonds is 3. The topological polar surface area (TPSA) is 64.4 Å². The molecular weight excluding hydrogens is 338 g/mol. The number of aromatic nitrogens is 2. The Kier molecular flexibility index (Phi) is 4.33. The summed E-state index contributed by atoms with van der Waals surface area (Å²) in [7, 11) is 0. The van der Waals surface area contributed by atoms with E-state index in [2.05, 4.69) is 5.10 Å². The zero-order valence-corrected chi connectivity index (χ0v) is 14.4. The van der Waals surface area contributed by atoms with Crippen LogP contribution in [0.15, 0.2) is 46.6 Å². The lowest BCUT2D eigenvalue weighted by Crippen LogP contribution is -2.43. The maximum Gasteiger partial charge on any atom is 0.275 e. The summed E-state index contributed by atoms with van der Waals surface area (Å²) in [5.41, 5.74) is 0.498. The minimum atomic E-state index is -0.238. The van der Waals surface area contributed by atoms with Gasteiger partial charge in [-0.05, 0) is 17.5 Å². The molecule has 4 rings (SSSR count). The molecule has 0 bridgehead atoms. The van der Waals surface area contributed by atoms with E-state index in [4.69, 9.17) is 4.74 Å². The molecule has 7 heteroatoms. The Morgan fingerprint density at radius 1 is 1.12 bits per heavy atom. The molecule has 2 aromatic heterocycles. The molecule has 6 nitrogen and oxygen atoms in total. The second-order valence-corrected chi connectivity index (χ2v) is 6.78. The van der Waals surface area contributed by atoms with E-state index in [9.17, 15) is 9.59 Å². The molecule has 3 aromatic rings. The van der Waals surface area contributed by atoms with E-state index in [0.717, 1.165) is 16.0 Å². The van der Waals surface area contributed by atoms with Crippen LogP contribution in [0.1, 0.15) is 0 Å². The highest BCUT2D eigenvalue weighted by Gasteiger charge is 2.20. The van der Waals surface area contributed by atoms with Gasteiger partial charge in [-0.15, -0.1) is 11.3 Å². The molecule has 1 aliphatic rings. The van der Waals surface area contributed by atoms with Crippen molar-refractivity contribution in [1.29, 1.82) is 0 Å².